The number of cyclic esters (lactones) is 1. The summed E-state index contributed by atoms with van der Waals surface area (Å²) in [4.78, 5) is 28.6. The number of amides is 2. The second-order valence-electron chi connectivity index (χ2n) is 6.44. The Morgan fingerprint density at radius 2 is 2.30 bits per heavy atom. The summed E-state index contributed by atoms with van der Waals surface area (Å²) in [6.45, 7) is 2.41. The minimum atomic E-state index is -0.552. The molecule has 0 spiro atoms. The van der Waals surface area contributed by atoms with Crippen molar-refractivity contribution in [3.05, 3.63) is 46.2 Å². The fraction of sp³-hybridized carbons (Fsp3) is 0.278. The first-order chi connectivity index (χ1) is 12.9. The zero-order chi connectivity index (χ0) is 19.1. The summed E-state index contributed by atoms with van der Waals surface area (Å²) in [5.74, 6) is -0.608. The summed E-state index contributed by atoms with van der Waals surface area (Å²) < 4.78 is 22.6. The third-order valence-electron chi connectivity index (χ3n) is 4.55. The maximum atomic E-state index is 14.8. The molecule has 0 unspecified atom stereocenters. The Bertz CT molecular complexity index is 972. The third kappa shape index (κ3) is 3.34. The van der Waals surface area contributed by atoms with E-state index in [4.69, 9.17) is 4.74 Å². The number of carbonyl (C=O) groups excluding carboxylic acids is 2. The summed E-state index contributed by atoms with van der Waals surface area (Å²) in [5.41, 5.74) is 2.64. The van der Waals surface area contributed by atoms with Gasteiger partial charge in [0.05, 0.1) is 30.8 Å². The minimum Gasteiger partial charge on any atom is -0.442 e. The number of ether oxygens (including phenoxy) is 1. The maximum Gasteiger partial charge on any atom is 0.414 e. The summed E-state index contributed by atoms with van der Waals surface area (Å²) in [7, 11) is 0. The Labute approximate surface area is 162 Å². The first-order valence-corrected chi connectivity index (χ1v) is 9.15. The summed E-state index contributed by atoms with van der Waals surface area (Å²) in [6.07, 6.45) is 2.58. The van der Waals surface area contributed by atoms with Gasteiger partial charge < -0.3 is 14.6 Å². The van der Waals surface area contributed by atoms with E-state index >= 15 is 0 Å². The van der Waals surface area contributed by atoms with Crippen molar-refractivity contribution in [3.63, 3.8) is 0 Å². The van der Waals surface area contributed by atoms with Gasteiger partial charge in [0.25, 0.3) is 0 Å². The fourth-order valence-corrected chi connectivity index (χ4v) is 3.66. The number of halogens is 2. The van der Waals surface area contributed by atoms with E-state index in [1.807, 2.05) is 10.6 Å². The van der Waals surface area contributed by atoms with Crippen molar-refractivity contribution in [3.8, 4) is 0 Å². The SMILES string of the molecule is CC(=O)NC[C@H]1CN(c2ccc(C3=Cc4c(Br)ncn4C3)c(F)c2)C(=O)O1. The molecule has 4 rings (SSSR count). The number of hydrogen-bond acceptors (Lipinski definition) is 4. The van der Waals surface area contributed by atoms with Crippen LogP contribution < -0.4 is 10.2 Å². The van der Waals surface area contributed by atoms with Crippen LogP contribution in [0.25, 0.3) is 11.6 Å². The van der Waals surface area contributed by atoms with Crippen LogP contribution in [-0.2, 0) is 16.1 Å². The Morgan fingerprint density at radius 3 is 3.00 bits per heavy atom. The average Bonchev–Trinajstić information content (AvgIpc) is 3.29. The predicted molar refractivity (Wildman–Crippen MR) is 100 cm³/mol. The molecule has 1 aromatic heterocycles. The molecule has 1 fully saturated rings. The second kappa shape index (κ2) is 6.80. The fourth-order valence-electron chi connectivity index (χ4n) is 3.22. The van der Waals surface area contributed by atoms with Crippen LogP contribution in [0, 0.1) is 5.82 Å². The lowest BCUT2D eigenvalue weighted by Crippen LogP contribution is -2.33. The number of allylic oxidation sites excluding steroid dienone is 1. The lowest BCUT2D eigenvalue weighted by molar-refractivity contribution is -0.119. The molecular weight excluding hydrogens is 419 g/mol. The molecule has 1 N–H and O–H groups in total. The Kier molecular flexibility index (Phi) is 4.47. The van der Waals surface area contributed by atoms with Gasteiger partial charge in [-0.2, -0.15) is 0 Å². The molecule has 0 bridgehead atoms. The minimum absolute atomic E-state index is 0.197. The lowest BCUT2D eigenvalue weighted by Gasteiger charge is -2.15. The molecule has 140 valence electrons. The molecule has 0 aliphatic carbocycles. The van der Waals surface area contributed by atoms with E-state index in [1.165, 1.54) is 17.9 Å². The molecule has 1 atom stereocenters. The van der Waals surface area contributed by atoms with Crippen LogP contribution in [0.15, 0.2) is 29.1 Å². The number of nitrogens with zero attached hydrogens (tertiary/aromatic N) is 3. The van der Waals surface area contributed by atoms with Crippen LogP contribution in [0.1, 0.15) is 18.2 Å². The quantitative estimate of drug-likeness (QED) is 0.802. The number of carbonyl (C=O) groups is 2. The van der Waals surface area contributed by atoms with Gasteiger partial charge in [0.15, 0.2) is 0 Å². The summed E-state index contributed by atoms with van der Waals surface area (Å²) in [6, 6.07) is 4.69. The highest BCUT2D eigenvalue weighted by molar-refractivity contribution is 9.10. The van der Waals surface area contributed by atoms with Crippen LogP contribution in [0.4, 0.5) is 14.9 Å². The highest BCUT2D eigenvalue weighted by atomic mass is 79.9. The highest BCUT2D eigenvalue weighted by Crippen LogP contribution is 2.33. The number of aromatic nitrogens is 2. The van der Waals surface area contributed by atoms with Gasteiger partial charge in [0.2, 0.25) is 5.91 Å². The van der Waals surface area contributed by atoms with E-state index in [1.54, 1.807) is 18.5 Å². The van der Waals surface area contributed by atoms with Gasteiger partial charge >= 0.3 is 6.09 Å². The Balaban J connectivity index is 1.52. The molecule has 1 saturated heterocycles. The molecule has 2 amide bonds. The molecular formula is C18H16BrFN4O3. The number of imidazole rings is 1. The van der Waals surface area contributed by atoms with E-state index in [-0.39, 0.29) is 19.0 Å². The van der Waals surface area contributed by atoms with Gasteiger partial charge in [-0.1, -0.05) is 0 Å². The van der Waals surface area contributed by atoms with Crippen LogP contribution in [-0.4, -0.2) is 40.7 Å². The van der Waals surface area contributed by atoms with E-state index in [9.17, 15) is 14.0 Å². The maximum absolute atomic E-state index is 14.8. The number of hydrogen-bond donors (Lipinski definition) is 1. The molecule has 0 radical (unpaired) electrons. The van der Waals surface area contributed by atoms with Gasteiger partial charge in [-0.05, 0) is 45.8 Å². The number of anilines is 1. The zero-order valence-corrected chi connectivity index (χ0v) is 16.0. The van der Waals surface area contributed by atoms with E-state index in [0.29, 0.717) is 17.8 Å². The van der Waals surface area contributed by atoms with Crippen molar-refractivity contribution < 1.29 is 18.7 Å². The van der Waals surface area contributed by atoms with Gasteiger partial charge in [-0.3, -0.25) is 9.69 Å². The highest BCUT2D eigenvalue weighted by Gasteiger charge is 2.33. The van der Waals surface area contributed by atoms with E-state index in [0.717, 1.165) is 15.9 Å². The van der Waals surface area contributed by atoms with Crippen LogP contribution >= 0.6 is 15.9 Å². The van der Waals surface area contributed by atoms with Crippen LogP contribution in [0.3, 0.4) is 0 Å². The normalized spacial score (nSPS) is 18.3. The summed E-state index contributed by atoms with van der Waals surface area (Å²) >= 11 is 3.37. The van der Waals surface area contributed by atoms with Crippen LogP contribution in [0.5, 0.6) is 0 Å². The number of rotatable bonds is 4. The molecule has 3 heterocycles. The first-order valence-electron chi connectivity index (χ1n) is 8.36. The van der Waals surface area contributed by atoms with Gasteiger partial charge in [0.1, 0.15) is 16.5 Å². The van der Waals surface area contributed by atoms with Gasteiger partial charge in [-0.15, -0.1) is 0 Å². The molecule has 2 aliphatic heterocycles. The van der Waals surface area contributed by atoms with Crippen molar-refractivity contribution in [2.24, 2.45) is 0 Å². The molecule has 27 heavy (non-hydrogen) atoms. The zero-order valence-electron chi connectivity index (χ0n) is 14.4. The molecule has 2 aliphatic rings. The van der Waals surface area contributed by atoms with E-state index < -0.39 is 18.0 Å². The molecule has 0 saturated carbocycles. The van der Waals surface area contributed by atoms with Gasteiger partial charge in [-0.25, -0.2) is 14.2 Å². The second-order valence-corrected chi connectivity index (χ2v) is 7.19. The first kappa shape index (κ1) is 17.7. The number of fused-ring (bicyclic) bond motifs is 1. The van der Waals surface area contributed by atoms with Crippen LogP contribution in [0.2, 0.25) is 0 Å². The number of benzene rings is 1. The van der Waals surface area contributed by atoms with Crippen molar-refractivity contribution in [1.29, 1.82) is 0 Å². The molecule has 9 heteroatoms. The van der Waals surface area contributed by atoms with Crippen molar-refractivity contribution in [2.45, 2.75) is 19.6 Å². The Morgan fingerprint density at radius 1 is 1.48 bits per heavy atom. The lowest BCUT2D eigenvalue weighted by atomic mass is 10.0. The van der Waals surface area contributed by atoms with Crippen molar-refractivity contribution in [2.75, 3.05) is 18.0 Å². The smallest absolute Gasteiger partial charge is 0.414 e. The Hall–Kier alpha value is -2.68. The average molecular weight is 435 g/mol. The number of nitrogens with one attached hydrogen (secondary N) is 1. The van der Waals surface area contributed by atoms with E-state index in [2.05, 4.69) is 26.2 Å². The predicted octanol–water partition coefficient (Wildman–Crippen LogP) is 2.80. The molecule has 2 aromatic rings. The van der Waals surface area contributed by atoms with Gasteiger partial charge in [0, 0.05) is 19.0 Å². The van der Waals surface area contributed by atoms with Crippen molar-refractivity contribution >= 4 is 45.3 Å². The monoisotopic (exact) mass is 434 g/mol. The summed E-state index contributed by atoms with van der Waals surface area (Å²) in [5, 5.41) is 2.61. The topological polar surface area (TPSA) is 76.5 Å². The standard InChI is InChI=1S/C18H16BrFN4O3/c1-10(25)21-6-13-8-24(18(26)27-13)12-2-3-14(15(20)5-12)11-4-16-17(19)22-9-23(16)7-11/h2-5,9,13H,6-8H2,1H3,(H,21,25)/t13-/m0/s1. The molecule has 7 nitrogen and oxygen atoms in total. The largest absolute Gasteiger partial charge is 0.442 e. The third-order valence-corrected chi connectivity index (χ3v) is 5.16. The van der Waals surface area contributed by atoms with Crippen molar-refractivity contribution in [1.82, 2.24) is 14.9 Å². The molecule has 1 aromatic carbocycles.